The number of H-pyrrole nitrogens is 1. The van der Waals surface area contributed by atoms with Gasteiger partial charge in [0.25, 0.3) is 0 Å². The minimum Gasteiger partial charge on any atom is -0.303 e. The van der Waals surface area contributed by atoms with Gasteiger partial charge in [-0.05, 0) is 51.5 Å². The van der Waals surface area contributed by atoms with E-state index in [1.54, 1.807) is 0 Å². The predicted molar refractivity (Wildman–Crippen MR) is 71.7 cm³/mol. The van der Waals surface area contributed by atoms with E-state index in [1.165, 1.54) is 25.9 Å². The Morgan fingerprint density at radius 1 is 1.41 bits per heavy atom. The molecule has 1 aromatic rings. The van der Waals surface area contributed by atoms with Gasteiger partial charge < -0.3 is 4.57 Å². The number of hydrogen-bond donors (Lipinski definition) is 1. The summed E-state index contributed by atoms with van der Waals surface area (Å²) in [5.74, 6) is 1.10. The normalized spacial score (nSPS) is 18.7. The van der Waals surface area contributed by atoms with Gasteiger partial charge in [0.15, 0.2) is 4.77 Å². The van der Waals surface area contributed by atoms with Crippen LogP contribution in [0, 0.1) is 4.77 Å². The van der Waals surface area contributed by atoms with Gasteiger partial charge in [-0.3, -0.25) is 10.00 Å². The molecule has 2 heterocycles. The van der Waals surface area contributed by atoms with Crippen LogP contribution in [0.5, 0.6) is 0 Å². The Kier molecular flexibility index (Phi) is 4.34. The van der Waals surface area contributed by atoms with E-state index >= 15 is 0 Å². The molecule has 0 saturated carbocycles. The van der Waals surface area contributed by atoms with Gasteiger partial charge in [0.05, 0.1) is 0 Å². The van der Waals surface area contributed by atoms with Crippen molar-refractivity contribution in [1.29, 1.82) is 0 Å². The minimum atomic E-state index is 0.553. The Hall–Kier alpha value is -0.680. The van der Waals surface area contributed by atoms with E-state index < -0.39 is 0 Å². The highest BCUT2D eigenvalue weighted by atomic mass is 32.1. The Balaban J connectivity index is 2.06. The van der Waals surface area contributed by atoms with Gasteiger partial charge in [-0.25, -0.2) is 0 Å². The smallest absolute Gasteiger partial charge is 0.195 e. The number of nitrogens with one attached hydrogen (secondary N) is 1. The standard InChI is InChI=1S/C12H22N4S/c1-3-6-11-13-14-12(17)16(11)9-10(2)15-7-4-5-8-15/h10H,3-9H2,1-2H3,(H,14,17). The fourth-order valence-corrected chi connectivity index (χ4v) is 2.74. The highest BCUT2D eigenvalue weighted by Crippen LogP contribution is 2.14. The highest BCUT2D eigenvalue weighted by Gasteiger charge is 2.19. The molecule has 0 aromatic carbocycles. The van der Waals surface area contributed by atoms with Gasteiger partial charge in [-0.1, -0.05) is 6.92 Å². The Morgan fingerprint density at radius 2 is 2.12 bits per heavy atom. The average molecular weight is 254 g/mol. The van der Waals surface area contributed by atoms with Crippen molar-refractivity contribution in [3.8, 4) is 0 Å². The van der Waals surface area contributed by atoms with Crippen molar-refractivity contribution in [2.24, 2.45) is 0 Å². The van der Waals surface area contributed by atoms with Crippen molar-refractivity contribution < 1.29 is 0 Å². The third-order valence-electron chi connectivity index (χ3n) is 3.52. The van der Waals surface area contributed by atoms with E-state index in [0.717, 1.165) is 30.0 Å². The summed E-state index contributed by atoms with van der Waals surface area (Å²) in [4.78, 5) is 2.55. The van der Waals surface area contributed by atoms with Crippen LogP contribution >= 0.6 is 12.2 Å². The number of nitrogens with zero attached hydrogens (tertiary/aromatic N) is 3. The number of aromatic nitrogens is 3. The second-order valence-corrected chi connectivity index (χ2v) is 5.28. The molecule has 0 bridgehead atoms. The lowest BCUT2D eigenvalue weighted by atomic mass is 10.2. The number of likely N-dealkylation sites (tertiary alicyclic amines) is 1. The first-order valence-electron chi connectivity index (χ1n) is 6.60. The topological polar surface area (TPSA) is 36.9 Å². The maximum Gasteiger partial charge on any atom is 0.195 e. The van der Waals surface area contributed by atoms with Gasteiger partial charge in [-0.2, -0.15) is 5.10 Å². The summed E-state index contributed by atoms with van der Waals surface area (Å²) in [6, 6.07) is 0.553. The van der Waals surface area contributed by atoms with E-state index in [2.05, 4.69) is 33.5 Å². The largest absolute Gasteiger partial charge is 0.303 e. The Labute approximate surface area is 108 Å². The third-order valence-corrected chi connectivity index (χ3v) is 3.83. The third kappa shape index (κ3) is 2.96. The van der Waals surface area contributed by atoms with Gasteiger partial charge in [0.1, 0.15) is 5.82 Å². The van der Waals surface area contributed by atoms with Crippen molar-refractivity contribution in [2.75, 3.05) is 13.1 Å². The summed E-state index contributed by atoms with van der Waals surface area (Å²) < 4.78 is 2.93. The lowest BCUT2D eigenvalue weighted by Crippen LogP contribution is -2.34. The molecule has 1 fully saturated rings. The van der Waals surface area contributed by atoms with E-state index in [9.17, 15) is 0 Å². The summed E-state index contributed by atoms with van der Waals surface area (Å²) in [5, 5.41) is 7.23. The molecular formula is C12H22N4S. The molecule has 1 unspecified atom stereocenters. The van der Waals surface area contributed by atoms with E-state index in [-0.39, 0.29) is 0 Å². The van der Waals surface area contributed by atoms with Crippen molar-refractivity contribution in [3.05, 3.63) is 10.6 Å². The molecule has 1 aromatic heterocycles. The molecule has 1 aliphatic rings. The van der Waals surface area contributed by atoms with Crippen molar-refractivity contribution in [2.45, 2.75) is 52.1 Å². The van der Waals surface area contributed by atoms with Crippen LogP contribution in [-0.2, 0) is 13.0 Å². The molecule has 0 spiro atoms. The molecule has 0 radical (unpaired) electrons. The zero-order chi connectivity index (χ0) is 12.3. The van der Waals surface area contributed by atoms with Crippen LogP contribution in [0.1, 0.15) is 38.9 Å². The quantitative estimate of drug-likeness (QED) is 0.820. The number of aryl methyl sites for hydroxylation is 1. The molecule has 96 valence electrons. The van der Waals surface area contributed by atoms with Crippen LogP contribution in [-0.4, -0.2) is 38.8 Å². The second kappa shape index (κ2) is 5.78. The summed E-state index contributed by atoms with van der Waals surface area (Å²) in [6.07, 6.45) is 4.78. The van der Waals surface area contributed by atoms with Crippen LogP contribution < -0.4 is 0 Å². The predicted octanol–water partition coefficient (Wildman–Crippen LogP) is 2.38. The summed E-state index contributed by atoms with van der Waals surface area (Å²) in [6.45, 7) is 7.89. The lowest BCUT2D eigenvalue weighted by molar-refractivity contribution is 0.233. The first kappa shape index (κ1) is 12.8. The van der Waals surface area contributed by atoms with E-state index in [1.807, 2.05) is 0 Å². The molecule has 0 amide bonds. The fraction of sp³-hybridized carbons (Fsp3) is 0.833. The van der Waals surface area contributed by atoms with Crippen LogP contribution in [0.15, 0.2) is 0 Å². The Bertz CT molecular complexity index is 403. The van der Waals surface area contributed by atoms with Crippen LogP contribution in [0.25, 0.3) is 0 Å². The van der Waals surface area contributed by atoms with Crippen LogP contribution in [0.4, 0.5) is 0 Å². The first-order chi connectivity index (χ1) is 8.22. The van der Waals surface area contributed by atoms with E-state index in [4.69, 9.17) is 12.2 Å². The van der Waals surface area contributed by atoms with Gasteiger partial charge in [-0.15, -0.1) is 0 Å². The molecule has 1 aliphatic heterocycles. The SMILES string of the molecule is CCCc1n[nH]c(=S)n1CC(C)N1CCCC1. The fourth-order valence-electron chi connectivity index (χ4n) is 2.52. The maximum absolute atomic E-state index is 5.31. The molecular weight excluding hydrogens is 232 g/mol. The van der Waals surface area contributed by atoms with Crippen LogP contribution in [0.2, 0.25) is 0 Å². The molecule has 4 nitrogen and oxygen atoms in total. The molecule has 2 rings (SSSR count). The molecule has 0 aliphatic carbocycles. The zero-order valence-electron chi connectivity index (χ0n) is 10.8. The summed E-state index contributed by atoms with van der Waals surface area (Å²) >= 11 is 5.31. The van der Waals surface area contributed by atoms with Crippen molar-refractivity contribution in [3.63, 3.8) is 0 Å². The van der Waals surface area contributed by atoms with Gasteiger partial charge in [0, 0.05) is 19.0 Å². The van der Waals surface area contributed by atoms with Crippen LogP contribution in [0.3, 0.4) is 0 Å². The highest BCUT2D eigenvalue weighted by molar-refractivity contribution is 7.71. The van der Waals surface area contributed by atoms with Crippen molar-refractivity contribution in [1.82, 2.24) is 19.7 Å². The second-order valence-electron chi connectivity index (χ2n) is 4.90. The molecule has 5 heteroatoms. The lowest BCUT2D eigenvalue weighted by Gasteiger charge is -2.24. The molecule has 1 saturated heterocycles. The minimum absolute atomic E-state index is 0.553. The first-order valence-corrected chi connectivity index (χ1v) is 7.01. The maximum atomic E-state index is 5.31. The number of rotatable bonds is 5. The van der Waals surface area contributed by atoms with Crippen molar-refractivity contribution >= 4 is 12.2 Å². The number of aromatic amines is 1. The zero-order valence-corrected chi connectivity index (χ0v) is 11.6. The molecule has 1 N–H and O–H groups in total. The summed E-state index contributed by atoms with van der Waals surface area (Å²) in [5.41, 5.74) is 0. The van der Waals surface area contributed by atoms with Gasteiger partial charge >= 0.3 is 0 Å². The van der Waals surface area contributed by atoms with Gasteiger partial charge in [0.2, 0.25) is 0 Å². The summed E-state index contributed by atoms with van der Waals surface area (Å²) in [7, 11) is 0. The molecule has 17 heavy (non-hydrogen) atoms. The number of hydrogen-bond acceptors (Lipinski definition) is 3. The Morgan fingerprint density at radius 3 is 2.76 bits per heavy atom. The molecule has 1 atom stereocenters. The average Bonchev–Trinajstić information content (AvgIpc) is 2.93. The monoisotopic (exact) mass is 254 g/mol. The van der Waals surface area contributed by atoms with E-state index in [0.29, 0.717) is 6.04 Å².